The van der Waals surface area contributed by atoms with Gasteiger partial charge < -0.3 is 9.84 Å². The van der Waals surface area contributed by atoms with E-state index in [1.165, 1.54) is 10.9 Å². The molecule has 188 valence electrons. The van der Waals surface area contributed by atoms with Crippen LogP contribution in [0.1, 0.15) is 42.6 Å². The summed E-state index contributed by atoms with van der Waals surface area (Å²) < 4.78 is 7.04. The van der Waals surface area contributed by atoms with Crippen LogP contribution in [0.15, 0.2) is 79.0 Å². The lowest BCUT2D eigenvalue weighted by Crippen LogP contribution is -2.20. The summed E-state index contributed by atoms with van der Waals surface area (Å²) in [6.07, 6.45) is 1.70. The highest BCUT2D eigenvalue weighted by atomic mass is 35.5. The van der Waals surface area contributed by atoms with Crippen molar-refractivity contribution in [1.82, 2.24) is 9.78 Å². The molecule has 8 heteroatoms. The molecular weight excluding hydrogens is 490 g/mol. The summed E-state index contributed by atoms with van der Waals surface area (Å²) in [4.78, 5) is 24.5. The van der Waals surface area contributed by atoms with Crippen LogP contribution in [0, 0.1) is 6.92 Å². The maximum absolute atomic E-state index is 12.6. The van der Waals surface area contributed by atoms with Crippen LogP contribution >= 0.6 is 11.6 Å². The molecule has 5 rings (SSSR count). The zero-order chi connectivity index (χ0) is 26.2. The average Bonchev–Trinajstić information content (AvgIpc) is 3.64. The number of ether oxygens (including phenoxy) is 1. The average molecular weight is 516 g/mol. The van der Waals surface area contributed by atoms with Gasteiger partial charge in [-0.1, -0.05) is 66.2 Å². The molecule has 1 amide bonds. The molecule has 1 atom stereocenters. The minimum atomic E-state index is -0.768. The monoisotopic (exact) mass is 515 g/mol. The number of halogens is 1. The van der Waals surface area contributed by atoms with Crippen molar-refractivity contribution in [3.63, 3.8) is 0 Å². The summed E-state index contributed by atoms with van der Waals surface area (Å²) in [5, 5.41) is 17.0. The fourth-order valence-corrected chi connectivity index (χ4v) is 4.72. The van der Waals surface area contributed by atoms with Crippen molar-refractivity contribution in [2.75, 3.05) is 5.32 Å². The first-order chi connectivity index (χ1) is 17.8. The van der Waals surface area contributed by atoms with Gasteiger partial charge >= 0.3 is 12.1 Å². The third-order valence-electron chi connectivity index (χ3n) is 6.86. The van der Waals surface area contributed by atoms with E-state index in [2.05, 4.69) is 10.4 Å². The topological polar surface area (TPSA) is 93.5 Å². The molecule has 0 aliphatic heterocycles. The Kier molecular flexibility index (Phi) is 6.48. The van der Waals surface area contributed by atoms with Crippen LogP contribution < -0.4 is 5.32 Å². The van der Waals surface area contributed by atoms with Gasteiger partial charge in [-0.2, -0.15) is 5.10 Å². The molecule has 1 heterocycles. The Balaban J connectivity index is 1.35. The first kappa shape index (κ1) is 24.6. The normalized spacial score (nSPS) is 14.6. The van der Waals surface area contributed by atoms with E-state index in [4.69, 9.17) is 16.3 Å². The van der Waals surface area contributed by atoms with E-state index < -0.39 is 23.6 Å². The first-order valence-electron chi connectivity index (χ1n) is 12.0. The molecule has 0 radical (unpaired) electrons. The van der Waals surface area contributed by atoms with Gasteiger partial charge in [0.25, 0.3) is 0 Å². The van der Waals surface area contributed by atoms with Crippen molar-refractivity contribution in [2.45, 2.75) is 38.2 Å². The third kappa shape index (κ3) is 4.82. The number of aliphatic carboxylic acids is 1. The second kappa shape index (κ2) is 9.75. The molecule has 0 saturated heterocycles. The predicted octanol–water partition coefficient (Wildman–Crippen LogP) is 6.93. The van der Waals surface area contributed by atoms with E-state index >= 15 is 0 Å². The molecule has 37 heavy (non-hydrogen) atoms. The Hall–Kier alpha value is -4.10. The van der Waals surface area contributed by atoms with E-state index in [9.17, 15) is 14.7 Å². The van der Waals surface area contributed by atoms with Crippen molar-refractivity contribution in [3.05, 3.63) is 101 Å². The van der Waals surface area contributed by atoms with E-state index in [1.807, 2.05) is 79.7 Å². The highest BCUT2D eigenvalue weighted by Crippen LogP contribution is 2.50. The number of nitrogens with one attached hydrogen (secondary N) is 1. The standard InChI is InChI=1S/C29H26ClN3O4/c1-18-8-9-22(16-24(18)29(14-15-29)27(34)35)21-10-12-23(13-11-21)33-26(25(30)17-31-33)32-28(36)37-19(2)20-6-4-3-5-7-20/h3-13,16-17,19H,14-15H2,1-2H3,(H,32,36)(H,34,35). The summed E-state index contributed by atoms with van der Waals surface area (Å²) in [7, 11) is 0. The van der Waals surface area contributed by atoms with E-state index in [0.29, 0.717) is 24.3 Å². The Labute approximate surface area is 219 Å². The Morgan fingerprint density at radius 3 is 2.38 bits per heavy atom. The number of anilines is 1. The smallest absolute Gasteiger partial charge is 0.413 e. The molecule has 7 nitrogen and oxygen atoms in total. The summed E-state index contributed by atoms with van der Waals surface area (Å²) >= 11 is 6.32. The zero-order valence-corrected chi connectivity index (χ0v) is 21.2. The second-order valence-electron chi connectivity index (χ2n) is 9.30. The molecule has 0 bridgehead atoms. The maximum Gasteiger partial charge on any atom is 0.413 e. The highest BCUT2D eigenvalue weighted by molar-refractivity contribution is 6.33. The molecule has 4 aromatic rings. The quantitative estimate of drug-likeness (QED) is 0.278. The number of benzene rings is 3. The summed E-state index contributed by atoms with van der Waals surface area (Å²) in [5.74, 6) is -0.468. The molecule has 0 spiro atoms. The minimum Gasteiger partial charge on any atom is -0.481 e. The van der Waals surface area contributed by atoms with Crippen LogP contribution in [-0.2, 0) is 14.9 Å². The number of rotatable bonds is 7. The van der Waals surface area contributed by atoms with Gasteiger partial charge in [0.1, 0.15) is 11.1 Å². The summed E-state index contributed by atoms with van der Waals surface area (Å²) in [6, 6.07) is 23.0. The first-order valence-corrected chi connectivity index (χ1v) is 12.4. The number of aryl methyl sites for hydroxylation is 1. The van der Waals surface area contributed by atoms with Crippen LogP contribution in [0.2, 0.25) is 5.02 Å². The van der Waals surface area contributed by atoms with Crippen molar-refractivity contribution >= 4 is 29.5 Å². The van der Waals surface area contributed by atoms with E-state index in [1.54, 1.807) is 6.92 Å². The number of carboxylic acids is 1. The minimum absolute atomic E-state index is 0.278. The van der Waals surface area contributed by atoms with Crippen LogP contribution in [0.3, 0.4) is 0 Å². The molecule has 3 aromatic carbocycles. The summed E-state index contributed by atoms with van der Waals surface area (Å²) in [6.45, 7) is 3.75. The molecule has 1 aromatic heterocycles. The van der Waals surface area contributed by atoms with Gasteiger partial charge in [0, 0.05) is 0 Å². The number of hydrogen-bond acceptors (Lipinski definition) is 4. The SMILES string of the molecule is Cc1ccc(-c2ccc(-n3ncc(Cl)c3NC(=O)OC(C)c3ccccc3)cc2)cc1C1(C(=O)O)CC1. The molecule has 1 aliphatic rings. The van der Waals surface area contributed by atoms with Crippen LogP contribution in [0.25, 0.3) is 16.8 Å². The highest BCUT2D eigenvalue weighted by Gasteiger charge is 2.52. The van der Waals surface area contributed by atoms with Gasteiger partial charge in [-0.05, 0) is 72.7 Å². The van der Waals surface area contributed by atoms with Gasteiger partial charge in [0.15, 0.2) is 5.82 Å². The Bertz CT molecular complexity index is 1460. The second-order valence-corrected chi connectivity index (χ2v) is 9.71. The maximum atomic E-state index is 12.6. The van der Waals surface area contributed by atoms with Crippen molar-refractivity contribution in [3.8, 4) is 16.8 Å². The van der Waals surface area contributed by atoms with Gasteiger partial charge in [-0.15, -0.1) is 0 Å². The molecule has 1 saturated carbocycles. The number of carbonyl (C=O) groups excluding carboxylic acids is 1. The van der Waals surface area contributed by atoms with Crippen LogP contribution in [0.5, 0.6) is 0 Å². The molecule has 1 fully saturated rings. The fraction of sp³-hybridized carbons (Fsp3) is 0.207. The molecular formula is C29H26ClN3O4. The predicted molar refractivity (Wildman–Crippen MR) is 142 cm³/mol. The molecule has 2 N–H and O–H groups in total. The van der Waals surface area contributed by atoms with Crippen LogP contribution in [0.4, 0.5) is 10.6 Å². The lowest BCUT2D eigenvalue weighted by molar-refractivity contribution is -0.140. The number of carboxylic acid groups (broad SMARTS) is 1. The van der Waals surface area contributed by atoms with E-state index in [0.717, 1.165) is 27.8 Å². The van der Waals surface area contributed by atoms with Gasteiger partial charge in [-0.25, -0.2) is 9.48 Å². The molecule has 1 unspecified atom stereocenters. The number of amides is 1. The number of hydrogen-bond donors (Lipinski definition) is 2. The van der Waals surface area contributed by atoms with Crippen molar-refractivity contribution < 1.29 is 19.4 Å². The van der Waals surface area contributed by atoms with Crippen molar-refractivity contribution in [1.29, 1.82) is 0 Å². The van der Waals surface area contributed by atoms with E-state index in [-0.39, 0.29) is 5.02 Å². The number of carbonyl (C=O) groups is 2. The largest absolute Gasteiger partial charge is 0.481 e. The Morgan fingerprint density at radius 1 is 1.05 bits per heavy atom. The third-order valence-corrected chi connectivity index (χ3v) is 7.13. The van der Waals surface area contributed by atoms with Gasteiger partial charge in [0.2, 0.25) is 0 Å². The lowest BCUT2D eigenvalue weighted by Gasteiger charge is -2.16. The Morgan fingerprint density at radius 2 is 1.73 bits per heavy atom. The van der Waals surface area contributed by atoms with Gasteiger partial charge in [0.05, 0.1) is 17.3 Å². The summed E-state index contributed by atoms with van der Waals surface area (Å²) in [5.41, 5.74) is 4.54. The number of nitrogens with zero attached hydrogens (tertiary/aromatic N) is 2. The van der Waals surface area contributed by atoms with Crippen molar-refractivity contribution in [2.24, 2.45) is 0 Å². The van der Waals surface area contributed by atoms with Crippen LogP contribution in [-0.4, -0.2) is 26.9 Å². The lowest BCUT2D eigenvalue weighted by atomic mass is 9.89. The zero-order valence-electron chi connectivity index (χ0n) is 20.4. The number of aromatic nitrogens is 2. The molecule has 1 aliphatic carbocycles. The van der Waals surface area contributed by atoms with Gasteiger partial charge in [-0.3, -0.25) is 10.1 Å². The fourth-order valence-electron chi connectivity index (χ4n) is 4.55.